The fourth-order valence-electron chi connectivity index (χ4n) is 6.29. The Kier molecular flexibility index (Phi) is 7.41. The summed E-state index contributed by atoms with van der Waals surface area (Å²) in [6.45, 7) is 13.6. The predicted octanol–water partition coefficient (Wildman–Crippen LogP) is 6.36. The molecular formula is C26H42N4O2. The van der Waals surface area contributed by atoms with Crippen LogP contribution in [-0.4, -0.2) is 24.1 Å². The maximum Gasteiger partial charge on any atom is 0.319 e. The van der Waals surface area contributed by atoms with Crippen molar-refractivity contribution in [3.8, 4) is 0 Å². The van der Waals surface area contributed by atoms with E-state index < -0.39 is 0 Å². The van der Waals surface area contributed by atoms with Crippen molar-refractivity contribution in [2.45, 2.75) is 92.2 Å². The second-order valence-corrected chi connectivity index (χ2v) is 12.0. The Hall–Kier alpha value is -2.24. The number of carbonyl (C=O) groups excluding carboxylic acids is 2. The van der Waals surface area contributed by atoms with Gasteiger partial charge in [0.25, 0.3) is 0 Å². The van der Waals surface area contributed by atoms with Crippen molar-refractivity contribution in [1.82, 2.24) is 10.6 Å². The van der Waals surface area contributed by atoms with E-state index in [0.717, 1.165) is 25.7 Å². The van der Waals surface area contributed by atoms with Crippen LogP contribution in [0.15, 0.2) is 24.3 Å². The summed E-state index contributed by atoms with van der Waals surface area (Å²) in [4.78, 5) is 25.1. The van der Waals surface area contributed by atoms with E-state index in [9.17, 15) is 9.59 Å². The largest absolute Gasteiger partial charge is 0.335 e. The topological polar surface area (TPSA) is 82.3 Å². The third kappa shape index (κ3) is 7.42. The van der Waals surface area contributed by atoms with Crippen molar-refractivity contribution in [2.24, 2.45) is 22.7 Å². The van der Waals surface area contributed by atoms with E-state index in [1.165, 1.54) is 12.8 Å². The lowest BCUT2D eigenvalue weighted by molar-refractivity contribution is 0.154. The van der Waals surface area contributed by atoms with Gasteiger partial charge in [0, 0.05) is 23.5 Å². The Bertz CT molecular complexity index is 757. The zero-order valence-corrected chi connectivity index (χ0v) is 20.7. The van der Waals surface area contributed by atoms with Crippen molar-refractivity contribution in [3.05, 3.63) is 24.3 Å². The zero-order valence-electron chi connectivity index (χ0n) is 20.7. The summed E-state index contributed by atoms with van der Waals surface area (Å²) < 4.78 is 0. The normalized spacial score (nSPS) is 28.9. The van der Waals surface area contributed by atoms with E-state index in [0.29, 0.717) is 23.2 Å². The first kappa shape index (κ1) is 24.4. The van der Waals surface area contributed by atoms with Gasteiger partial charge in [-0.3, -0.25) is 0 Å². The number of hydrogen-bond acceptors (Lipinski definition) is 2. The summed E-state index contributed by atoms with van der Waals surface area (Å²) in [6, 6.07) is 7.27. The first-order valence-corrected chi connectivity index (χ1v) is 12.1. The number of urea groups is 2. The smallest absolute Gasteiger partial charge is 0.319 e. The van der Waals surface area contributed by atoms with Gasteiger partial charge < -0.3 is 21.3 Å². The Labute approximate surface area is 193 Å². The Morgan fingerprint density at radius 1 is 0.750 bits per heavy atom. The van der Waals surface area contributed by atoms with E-state index in [1.807, 2.05) is 18.2 Å². The molecule has 0 heterocycles. The van der Waals surface area contributed by atoms with Crippen LogP contribution < -0.4 is 21.3 Å². The SMILES string of the molecule is C[C@@H]1C[C@@H](NC(=O)Nc2cccc(NC(=O)N[C@@H]3C[C@@H](C)CC(C)(C)C3)c2)CC(C)(C)C1. The van der Waals surface area contributed by atoms with Crippen LogP contribution >= 0.6 is 0 Å². The molecule has 6 nitrogen and oxygen atoms in total. The number of carbonyl (C=O) groups is 2. The quantitative estimate of drug-likeness (QED) is 0.437. The Morgan fingerprint density at radius 3 is 1.53 bits per heavy atom. The molecule has 4 N–H and O–H groups in total. The summed E-state index contributed by atoms with van der Waals surface area (Å²) in [6.07, 6.45) is 6.39. The van der Waals surface area contributed by atoms with Gasteiger partial charge in [-0.15, -0.1) is 0 Å². The predicted molar refractivity (Wildman–Crippen MR) is 132 cm³/mol. The van der Waals surface area contributed by atoms with E-state index in [4.69, 9.17) is 0 Å². The van der Waals surface area contributed by atoms with Crippen molar-refractivity contribution >= 4 is 23.4 Å². The lowest BCUT2D eigenvalue weighted by Gasteiger charge is -2.39. The van der Waals surface area contributed by atoms with Crippen molar-refractivity contribution in [2.75, 3.05) is 10.6 Å². The van der Waals surface area contributed by atoms with Crippen molar-refractivity contribution in [3.63, 3.8) is 0 Å². The molecule has 3 rings (SSSR count). The van der Waals surface area contributed by atoms with Crippen LogP contribution in [0.4, 0.5) is 21.0 Å². The highest BCUT2D eigenvalue weighted by molar-refractivity contribution is 5.93. The number of hydrogen-bond donors (Lipinski definition) is 4. The molecule has 0 spiro atoms. The molecule has 178 valence electrons. The first-order valence-electron chi connectivity index (χ1n) is 12.1. The number of rotatable bonds is 4. The van der Waals surface area contributed by atoms with Gasteiger partial charge in [-0.25, -0.2) is 9.59 Å². The Balaban J connectivity index is 1.51. The average molecular weight is 443 g/mol. The monoisotopic (exact) mass is 442 g/mol. The number of benzene rings is 1. The summed E-state index contributed by atoms with van der Waals surface area (Å²) >= 11 is 0. The fourth-order valence-corrected chi connectivity index (χ4v) is 6.29. The Morgan fingerprint density at radius 2 is 1.16 bits per heavy atom. The summed E-state index contributed by atoms with van der Waals surface area (Å²) in [5.74, 6) is 1.21. The third-order valence-corrected chi connectivity index (χ3v) is 6.82. The van der Waals surface area contributed by atoms with E-state index in [1.54, 1.807) is 6.07 Å². The van der Waals surface area contributed by atoms with Crippen LogP contribution in [0.2, 0.25) is 0 Å². The number of amides is 4. The lowest BCUT2D eigenvalue weighted by Crippen LogP contribution is -2.44. The maximum absolute atomic E-state index is 12.6. The molecule has 2 fully saturated rings. The molecule has 32 heavy (non-hydrogen) atoms. The van der Waals surface area contributed by atoms with Crippen LogP contribution in [0.3, 0.4) is 0 Å². The van der Waals surface area contributed by atoms with Crippen LogP contribution in [0.1, 0.15) is 80.1 Å². The molecule has 0 bridgehead atoms. The lowest BCUT2D eigenvalue weighted by atomic mass is 9.70. The highest BCUT2D eigenvalue weighted by Crippen LogP contribution is 2.39. The van der Waals surface area contributed by atoms with Gasteiger partial charge in [0.15, 0.2) is 0 Å². The van der Waals surface area contributed by atoms with Crippen LogP contribution in [0, 0.1) is 22.7 Å². The standard InChI is InChI=1S/C26H42N4O2/c1-17-10-21(15-25(3,4)13-17)29-23(31)27-19-8-7-9-20(12-19)28-24(32)30-22-11-18(2)14-26(5,6)16-22/h7-9,12,17-18,21-22H,10-11,13-16H2,1-6H3,(H2,27,29,31)(H2,28,30,32)/t17-,18-,21-,22-/m1/s1. The van der Waals surface area contributed by atoms with Gasteiger partial charge in [0.2, 0.25) is 0 Å². The van der Waals surface area contributed by atoms with Gasteiger partial charge in [0.05, 0.1) is 0 Å². The molecule has 2 aliphatic rings. The molecule has 0 saturated heterocycles. The molecule has 0 radical (unpaired) electrons. The van der Waals surface area contributed by atoms with Gasteiger partial charge >= 0.3 is 12.1 Å². The fraction of sp³-hybridized carbons (Fsp3) is 0.692. The summed E-state index contributed by atoms with van der Waals surface area (Å²) in [5.41, 5.74) is 1.82. The highest BCUT2D eigenvalue weighted by atomic mass is 16.2. The van der Waals surface area contributed by atoms with E-state index in [-0.39, 0.29) is 35.0 Å². The second kappa shape index (κ2) is 9.72. The van der Waals surface area contributed by atoms with Gasteiger partial charge in [-0.2, -0.15) is 0 Å². The van der Waals surface area contributed by atoms with Crippen molar-refractivity contribution < 1.29 is 9.59 Å². The summed E-state index contributed by atoms with van der Waals surface area (Å²) in [5, 5.41) is 12.1. The highest BCUT2D eigenvalue weighted by Gasteiger charge is 2.33. The minimum atomic E-state index is -0.195. The molecule has 4 amide bonds. The minimum Gasteiger partial charge on any atom is -0.335 e. The first-order chi connectivity index (χ1) is 14.9. The van der Waals surface area contributed by atoms with E-state index >= 15 is 0 Å². The maximum atomic E-state index is 12.6. The van der Waals surface area contributed by atoms with E-state index in [2.05, 4.69) is 62.8 Å². The van der Waals surface area contributed by atoms with Gasteiger partial charge in [-0.1, -0.05) is 47.6 Å². The molecular weight excluding hydrogens is 400 g/mol. The average Bonchev–Trinajstić information content (AvgIpc) is 2.57. The molecule has 0 aromatic heterocycles. The molecule has 0 unspecified atom stereocenters. The number of nitrogens with one attached hydrogen (secondary N) is 4. The van der Waals surface area contributed by atoms with Gasteiger partial charge in [-0.05, 0) is 79.4 Å². The zero-order chi connectivity index (χ0) is 23.5. The molecule has 0 aliphatic heterocycles. The summed E-state index contributed by atoms with van der Waals surface area (Å²) in [7, 11) is 0. The molecule has 2 saturated carbocycles. The second-order valence-electron chi connectivity index (χ2n) is 12.0. The minimum absolute atomic E-state index is 0.183. The molecule has 1 aromatic rings. The number of anilines is 2. The van der Waals surface area contributed by atoms with Crippen LogP contribution in [-0.2, 0) is 0 Å². The third-order valence-electron chi connectivity index (χ3n) is 6.82. The van der Waals surface area contributed by atoms with Gasteiger partial charge in [0.1, 0.15) is 0 Å². The molecule has 1 aromatic carbocycles. The molecule has 6 heteroatoms. The van der Waals surface area contributed by atoms with Crippen molar-refractivity contribution in [1.29, 1.82) is 0 Å². The molecule has 2 aliphatic carbocycles. The van der Waals surface area contributed by atoms with Crippen LogP contribution in [0.5, 0.6) is 0 Å². The molecule has 4 atom stereocenters. The van der Waals surface area contributed by atoms with Crippen LogP contribution in [0.25, 0.3) is 0 Å².